The summed E-state index contributed by atoms with van der Waals surface area (Å²) in [5.41, 5.74) is -0.249. The van der Waals surface area contributed by atoms with Gasteiger partial charge in [-0.25, -0.2) is 0 Å². The van der Waals surface area contributed by atoms with E-state index in [1.807, 2.05) is 13.8 Å². The van der Waals surface area contributed by atoms with E-state index in [0.717, 1.165) is 12.7 Å². The highest BCUT2D eigenvalue weighted by atomic mass is 16.1. The fraction of sp³-hybridized carbons (Fsp3) is 0.778. The van der Waals surface area contributed by atoms with Gasteiger partial charge in [0, 0.05) is 18.3 Å². The Morgan fingerprint density at radius 2 is 2.27 bits per heavy atom. The molecule has 62 valence electrons. The van der Waals surface area contributed by atoms with Crippen molar-refractivity contribution in [3.8, 4) is 0 Å². The Morgan fingerprint density at radius 3 is 2.64 bits per heavy atom. The molecule has 0 unspecified atom stereocenters. The lowest BCUT2D eigenvalue weighted by Crippen LogP contribution is -2.25. The fourth-order valence-corrected chi connectivity index (χ4v) is 1.74. The third-order valence-electron chi connectivity index (χ3n) is 2.84. The van der Waals surface area contributed by atoms with Crippen molar-refractivity contribution in [1.82, 2.24) is 0 Å². The minimum absolute atomic E-state index is 0.249. The summed E-state index contributed by atoms with van der Waals surface area (Å²) in [5.74, 6) is 0.594. The average molecular weight is 154 g/mol. The summed E-state index contributed by atoms with van der Waals surface area (Å²) < 4.78 is 0. The molecule has 1 aliphatic carbocycles. The van der Waals surface area contributed by atoms with E-state index in [9.17, 15) is 9.59 Å². The lowest BCUT2D eigenvalue weighted by molar-refractivity contribution is -0.125. The van der Waals surface area contributed by atoms with E-state index in [1.54, 1.807) is 0 Å². The van der Waals surface area contributed by atoms with Crippen LogP contribution in [0.3, 0.4) is 0 Å². The zero-order valence-electron chi connectivity index (χ0n) is 7.09. The van der Waals surface area contributed by atoms with Gasteiger partial charge in [-0.15, -0.1) is 0 Å². The first-order chi connectivity index (χ1) is 5.09. The van der Waals surface area contributed by atoms with Crippen LogP contribution >= 0.6 is 0 Å². The van der Waals surface area contributed by atoms with Gasteiger partial charge in [0.2, 0.25) is 0 Å². The van der Waals surface area contributed by atoms with Crippen LogP contribution in [0.25, 0.3) is 0 Å². The molecule has 11 heavy (non-hydrogen) atoms. The van der Waals surface area contributed by atoms with Gasteiger partial charge in [-0.05, 0) is 12.3 Å². The molecule has 0 radical (unpaired) electrons. The van der Waals surface area contributed by atoms with E-state index in [1.165, 1.54) is 0 Å². The highest BCUT2D eigenvalue weighted by Crippen LogP contribution is 2.40. The molecule has 1 fully saturated rings. The molecular weight excluding hydrogens is 140 g/mol. The van der Waals surface area contributed by atoms with Crippen LogP contribution in [0, 0.1) is 11.3 Å². The Bertz CT molecular complexity index is 182. The largest absolute Gasteiger partial charge is 0.303 e. The van der Waals surface area contributed by atoms with E-state index in [4.69, 9.17) is 0 Å². The van der Waals surface area contributed by atoms with Crippen molar-refractivity contribution < 1.29 is 9.59 Å². The van der Waals surface area contributed by atoms with Gasteiger partial charge in [-0.1, -0.05) is 13.8 Å². The molecule has 2 heteroatoms. The van der Waals surface area contributed by atoms with Crippen molar-refractivity contribution in [3.05, 3.63) is 0 Å². The van der Waals surface area contributed by atoms with Crippen LogP contribution in [0.1, 0.15) is 33.1 Å². The van der Waals surface area contributed by atoms with Crippen molar-refractivity contribution in [3.63, 3.8) is 0 Å². The molecule has 0 aromatic carbocycles. The summed E-state index contributed by atoms with van der Waals surface area (Å²) in [7, 11) is 0. The molecule has 0 aromatic rings. The quantitative estimate of drug-likeness (QED) is 0.566. The van der Waals surface area contributed by atoms with Crippen LogP contribution in [-0.4, -0.2) is 12.1 Å². The molecule has 0 saturated heterocycles. The molecule has 0 heterocycles. The molecule has 0 bridgehead atoms. The number of hydrogen-bond acceptors (Lipinski definition) is 2. The summed E-state index contributed by atoms with van der Waals surface area (Å²) in [4.78, 5) is 21.5. The zero-order chi connectivity index (χ0) is 8.48. The standard InChI is InChI=1S/C9H14O2/c1-9(2)7(5-6-10)3-4-8(9)11/h6-7H,3-5H2,1-2H3/t7-/m0/s1. The monoisotopic (exact) mass is 154 g/mol. The van der Waals surface area contributed by atoms with Gasteiger partial charge >= 0.3 is 0 Å². The first-order valence-electron chi connectivity index (χ1n) is 4.06. The maximum Gasteiger partial charge on any atom is 0.138 e. The van der Waals surface area contributed by atoms with Crippen molar-refractivity contribution >= 4 is 12.1 Å². The van der Waals surface area contributed by atoms with Crippen molar-refractivity contribution in [2.24, 2.45) is 11.3 Å². The molecule has 0 amide bonds. The van der Waals surface area contributed by atoms with E-state index in [2.05, 4.69) is 0 Å². The SMILES string of the molecule is CC1(C)C(=O)CC[C@H]1CC=O. The van der Waals surface area contributed by atoms with Crippen LogP contribution in [0.4, 0.5) is 0 Å². The number of aldehydes is 1. The summed E-state index contributed by atoms with van der Waals surface area (Å²) in [5, 5.41) is 0. The Morgan fingerprint density at radius 1 is 1.64 bits per heavy atom. The first-order valence-corrected chi connectivity index (χ1v) is 4.06. The molecule has 1 saturated carbocycles. The number of carbonyl (C=O) groups is 2. The van der Waals surface area contributed by atoms with Crippen molar-refractivity contribution in [2.75, 3.05) is 0 Å². The van der Waals surface area contributed by atoms with E-state index in [0.29, 0.717) is 18.6 Å². The minimum Gasteiger partial charge on any atom is -0.303 e. The van der Waals surface area contributed by atoms with Crippen LogP contribution in [0.15, 0.2) is 0 Å². The van der Waals surface area contributed by atoms with Crippen molar-refractivity contribution in [1.29, 1.82) is 0 Å². The molecule has 1 aliphatic rings. The fourth-order valence-electron chi connectivity index (χ4n) is 1.74. The molecule has 0 aliphatic heterocycles. The third kappa shape index (κ3) is 1.35. The Hall–Kier alpha value is -0.660. The van der Waals surface area contributed by atoms with E-state index in [-0.39, 0.29) is 11.3 Å². The number of Topliss-reactive ketones (excluding diaryl/α,β-unsaturated/α-hetero) is 1. The summed E-state index contributed by atoms with van der Waals surface area (Å²) in [6.45, 7) is 3.88. The average Bonchev–Trinajstić information content (AvgIpc) is 2.16. The number of hydrogen-bond donors (Lipinski definition) is 0. The summed E-state index contributed by atoms with van der Waals surface area (Å²) >= 11 is 0. The number of ketones is 1. The predicted octanol–water partition coefficient (Wildman–Crippen LogP) is 1.58. The topological polar surface area (TPSA) is 34.1 Å². The molecule has 0 N–H and O–H groups in total. The molecule has 1 atom stereocenters. The Kier molecular flexibility index (Phi) is 2.12. The predicted molar refractivity (Wildman–Crippen MR) is 42.2 cm³/mol. The lowest BCUT2D eigenvalue weighted by Gasteiger charge is -2.22. The van der Waals surface area contributed by atoms with Gasteiger partial charge in [0.1, 0.15) is 12.1 Å². The van der Waals surface area contributed by atoms with E-state index < -0.39 is 0 Å². The Balaban J connectivity index is 2.69. The summed E-state index contributed by atoms with van der Waals surface area (Å²) in [6.07, 6.45) is 3.01. The summed E-state index contributed by atoms with van der Waals surface area (Å²) in [6, 6.07) is 0. The highest BCUT2D eigenvalue weighted by molar-refractivity contribution is 5.86. The number of carbonyl (C=O) groups excluding carboxylic acids is 2. The van der Waals surface area contributed by atoms with E-state index >= 15 is 0 Å². The van der Waals surface area contributed by atoms with Crippen molar-refractivity contribution in [2.45, 2.75) is 33.1 Å². The maximum absolute atomic E-state index is 11.3. The van der Waals surface area contributed by atoms with Gasteiger partial charge < -0.3 is 4.79 Å². The second-order valence-electron chi connectivity index (χ2n) is 3.78. The minimum atomic E-state index is -0.249. The second-order valence-corrected chi connectivity index (χ2v) is 3.78. The normalized spacial score (nSPS) is 28.9. The van der Waals surface area contributed by atoms with Crippen LogP contribution < -0.4 is 0 Å². The molecule has 0 spiro atoms. The smallest absolute Gasteiger partial charge is 0.138 e. The third-order valence-corrected chi connectivity index (χ3v) is 2.84. The number of rotatable bonds is 2. The first kappa shape index (κ1) is 8.44. The van der Waals surface area contributed by atoms with Crippen LogP contribution in [0.5, 0.6) is 0 Å². The van der Waals surface area contributed by atoms with Gasteiger partial charge in [0.05, 0.1) is 0 Å². The second kappa shape index (κ2) is 2.76. The van der Waals surface area contributed by atoms with Gasteiger partial charge in [0.25, 0.3) is 0 Å². The Labute approximate surface area is 67.0 Å². The molecular formula is C9H14O2. The zero-order valence-corrected chi connectivity index (χ0v) is 7.09. The van der Waals surface area contributed by atoms with Gasteiger partial charge in [-0.3, -0.25) is 4.79 Å². The van der Waals surface area contributed by atoms with Gasteiger partial charge in [-0.2, -0.15) is 0 Å². The molecule has 1 rings (SSSR count). The maximum atomic E-state index is 11.3. The molecule has 2 nitrogen and oxygen atoms in total. The lowest BCUT2D eigenvalue weighted by atomic mass is 9.80. The van der Waals surface area contributed by atoms with Gasteiger partial charge in [0.15, 0.2) is 0 Å². The van der Waals surface area contributed by atoms with Crippen LogP contribution in [-0.2, 0) is 9.59 Å². The molecule has 0 aromatic heterocycles. The van der Waals surface area contributed by atoms with Crippen LogP contribution in [0.2, 0.25) is 0 Å². The highest BCUT2D eigenvalue weighted by Gasteiger charge is 2.41.